The molecule has 4 N–H and O–H groups in total. The first-order valence-corrected chi connectivity index (χ1v) is 12.7. The number of hydrogen-bond donors (Lipinski definition) is 3. The van der Waals surface area contributed by atoms with E-state index < -0.39 is 54.0 Å². The Morgan fingerprint density at radius 2 is 1.63 bits per heavy atom. The smallest absolute Gasteiger partial charge is 0.408 e. The highest BCUT2D eigenvalue weighted by atomic mass is 35.5. The van der Waals surface area contributed by atoms with Crippen LogP contribution >= 0.6 is 11.6 Å². The van der Waals surface area contributed by atoms with Gasteiger partial charge in [0.1, 0.15) is 17.7 Å². The van der Waals surface area contributed by atoms with Crippen LogP contribution in [0.4, 0.5) is 10.5 Å². The normalized spacial score (nSPS) is 12.9. The van der Waals surface area contributed by atoms with Crippen molar-refractivity contribution in [2.45, 2.75) is 78.6 Å². The van der Waals surface area contributed by atoms with Gasteiger partial charge < -0.3 is 26.0 Å². The molecule has 0 aliphatic heterocycles. The molecule has 9 nitrogen and oxygen atoms in total. The zero-order chi connectivity index (χ0) is 28.8. The van der Waals surface area contributed by atoms with Crippen LogP contribution in [0.5, 0.6) is 0 Å². The van der Waals surface area contributed by atoms with Crippen LogP contribution in [-0.2, 0) is 19.1 Å². The van der Waals surface area contributed by atoms with Crippen molar-refractivity contribution in [3.63, 3.8) is 0 Å². The SMILES string of the molecule is Cc1ccc(C(C(=O)Nc2c(C)cccc2Cl)N(C(=O)C(CC(N)=O)NC(=O)OC(C)(C)C)C(C)C)cc1. The third-order valence-corrected chi connectivity index (χ3v) is 5.91. The number of benzene rings is 2. The van der Waals surface area contributed by atoms with Crippen molar-refractivity contribution in [2.75, 3.05) is 5.32 Å². The minimum Gasteiger partial charge on any atom is -0.444 e. The second-order valence-corrected chi connectivity index (χ2v) is 10.8. The number of rotatable bonds is 9. The number of hydrogen-bond acceptors (Lipinski definition) is 5. The van der Waals surface area contributed by atoms with Crippen molar-refractivity contribution < 1.29 is 23.9 Å². The third-order valence-electron chi connectivity index (χ3n) is 5.59. The molecule has 10 heteroatoms. The topological polar surface area (TPSA) is 131 Å². The summed E-state index contributed by atoms with van der Waals surface area (Å²) in [5.41, 5.74) is 7.25. The number of alkyl carbamates (subject to hydrolysis) is 1. The molecule has 206 valence electrons. The van der Waals surface area contributed by atoms with Gasteiger partial charge in [0.05, 0.1) is 17.1 Å². The quantitative estimate of drug-likeness (QED) is 0.423. The van der Waals surface area contributed by atoms with E-state index in [1.807, 2.05) is 19.1 Å². The molecule has 38 heavy (non-hydrogen) atoms. The second kappa shape index (κ2) is 12.8. The molecule has 0 bridgehead atoms. The van der Waals surface area contributed by atoms with E-state index in [0.29, 0.717) is 16.3 Å². The van der Waals surface area contributed by atoms with E-state index in [4.69, 9.17) is 22.1 Å². The zero-order valence-electron chi connectivity index (χ0n) is 22.9. The molecule has 0 spiro atoms. The van der Waals surface area contributed by atoms with Crippen LogP contribution in [0.1, 0.15) is 63.8 Å². The van der Waals surface area contributed by atoms with E-state index in [9.17, 15) is 19.2 Å². The van der Waals surface area contributed by atoms with E-state index in [1.165, 1.54) is 4.90 Å². The molecule has 0 aromatic heterocycles. The first-order chi connectivity index (χ1) is 17.6. The Hall–Kier alpha value is -3.59. The van der Waals surface area contributed by atoms with Gasteiger partial charge in [-0.15, -0.1) is 0 Å². The van der Waals surface area contributed by atoms with Gasteiger partial charge in [-0.05, 0) is 65.7 Å². The first kappa shape index (κ1) is 30.6. The number of para-hydroxylation sites is 1. The van der Waals surface area contributed by atoms with Gasteiger partial charge in [-0.2, -0.15) is 0 Å². The molecule has 2 unspecified atom stereocenters. The number of ether oxygens (including phenoxy) is 1. The lowest BCUT2D eigenvalue weighted by atomic mass is 9.99. The van der Waals surface area contributed by atoms with Gasteiger partial charge in [0.25, 0.3) is 5.91 Å². The predicted molar refractivity (Wildman–Crippen MR) is 148 cm³/mol. The number of amides is 4. The predicted octanol–water partition coefficient (Wildman–Crippen LogP) is 4.64. The molecular weight excluding hydrogens is 508 g/mol. The average Bonchev–Trinajstić information content (AvgIpc) is 2.78. The summed E-state index contributed by atoms with van der Waals surface area (Å²) in [6, 6.07) is 9.43. The molecule has 4 amide bonds. The lowest BCUT2D eigenvalue weighted by Crippen LogP contribution is -2.55. The highest BCUT2D eigenvalue weighted by Crippen LogP contribution is 2.30. The van der Waals surface area contributed by atoms with Crippen molar-refractivity contribution in [3.05, 3.63) is 64.2 Å². The van der Waals surface area contributed by atoms with Crippen LogP contribution in [0.2, 0.25) is 5.02 Å². The summed E-state index contributed by atoms with van der Waals surface area (Å²) in [7, 11) is 0. The number of halogens is 1. The molecule has 0 radical (unpaired) electrons. The molecule has 2 aromatic rings. The largest absolute Gasteiger partial charge is 0.444 e. The number of nitrogens with one attached hydrogen (secondary N) is 2. The number of primary amides is 1. The van der Waals surface area contributed by atoms with Crippen LogP contribution in [0.25, 0.3) is 0 Å². The molecule has 0 heterocycles. The average molecular weight is 545 g/mol. The van der Waals surface area contributed by atoms with Crippen molar-refractivity contribution in [3.8, 4) is 0 Å². The lowest BCUT2D eigenvalue weighted by molar-refractivity contribution is -0.143. The van der Waals surface area contributed by atoms with Gasteiger partial charge in [0.2, 0.25) is 11.8 Å². The maximum absolute atomic E-state index is 13.9. The van der Waals surface area contributed by atoms with E-state index in [1.54, 1.807) is 71.9 Å². The van der Waals surface area contributed by atoms with Crippen LogP contribution in [0, 0.1) is 13.8 Å². The van der Waals surface area contributed by atoms with Crippen LogP contribution in [-0.4, -0.2) is 46.4 Å². The molecule has 0 fully saturated rings. The molecular formula is C28H37ClN4O5. The van der Waals surface area contributed by atoms with Gasteiger partial charge in [0, 0.05) is 6.04 Å². The van der Waals surface area contributed by atoms with Crippen LogP contribution < -0.4 is 16.4 Å². The van der Waals surface area contributed by atoms with Gasteiger partial charge in [-0.1, -0.05) is 53.6 Å². The van der Waals surface area contributed by atoms with E-state index in [-0.39, 0.29) is 0 Å². The van der Waals surface area contributed by atoms with E-state index in [2.05, 4.69) is 10.6 Å². The van der Waals surface area contributed by atoms with Crippen LogP contribution in [0.3, 0.4) is 0 Å². The lowest BCUT2D eigenvalue weighted by Gasteiger charge is -2.37. The fraction of sp³-hybridized carbons (Fsp3) is 0.429. The van der Waals surface area contributed by atoms with Gasteiger partial charge >= 0.3 is 6.09 Å². The second-order valence-electron chi connectivity index (χ2n) is 10.4. The number of anilines is 1. The number of nitrogens with two attached hydrogens (primary N) is 1. The number of carbonyl (C=O) groups is 4. The Labute approximate surface area is 229 Å². The van der Waals surface area contributed by atoms with Crippen LogP contribution in [0.15, 0.2) is 42.5 Å². The summed E-state index contributed by atoms with van der Waals surface area (Å²) in [6.07, 6.45) is -1.36. The molecule has 2 atom stereocenters. The summed E-state index contributed by atoms with van der Waals surface area (Å²) in [5.74, 6) is -1.98. The summed E-state index contributed by atoms with van der Waals surface area (Å²) in [4.78, 5) is 53.5. The number of aryl methyl sites for hydroxylation is 2. The van der Waals surface area contributed by atoms with Gasteiger partial charge in [-0.25, -0.2) is 4.79 Å². The van der Waals surface area contributed by atoms with Crippen molar-refractivity contribution in [2.24, 2.45) is 5.73 Å². The first-order valence-electron chi connectivity index (χ1n) is 12.3. The zero-order valence-corrected chi connectivity index (χ0v) is 23.7. The highest BCUT2D eigenvalue weighted by Gasteiger charge is 2.38. The van der Waals surface area contributed by atoms with Gasteiger partial charge in [0.15, 0.2) is 0 Å². The van der Waals surface area contributed by atoms with Crippen molar-refractivity contribution >= 4 is 41.1 Å². The Bertz CT molecular complexity index is 1150. The summed E-state index contributed by atoms with van der Waals surface area (Å²) >= 11 is 6.36. The molecule has 0 saturated heterocycles. The summed E-state index contributed by atoms with van der Waals surface area (Å²) < 4.78 is 5.28. The van der Waals surface area contributed by atoms with Crippen molar-refractivity contribution in [1.29, 1.82) is 0 Å². The maximum atomic E-state index is 13.9. The molecule has 2 rings (SSSR count). The molecule has 0 aliphatic rings. The minimum atomic E-state index is -1.35. The highest BCUT2D eigenvalue weighted by molar-refractivity contribution is 6.34. The Kier molecular flexibility index (Phi) is 10.3. The Morgan fingerprint density at radius 3 is 2.13 bits per heavy atom. The van der Waals surface area contributed by atoms with Gasteiger partial charge in [-0.3, -0.25) is 14.4 Å². The third kappa shape index (κ3) is 8.48. The van der Waals surface area contributed by atoms with E-state index >= 15 is 0 Å². The number of nitrogens with zero attached hydrogens (tertiary/aromatic N) is 1. The number of carbonyl (C=O) groups excluding carboxylic acids is 4. The summed E-state index contributed by atoms with van der Waals surface area (Å²) in [6.45, 7) is 12.2. The Balaban J connectivity index is 2.56. The minimum absolute atomic E-state index is 0.349. The maximum Gasteiger partial charge on any atom is 0.408 e. The van der Waals surface area contributed by atoms with E-state index in [0.717, 1.165) is 11.1 Å². The Morgan fingerprint density at radius 1 is 1.03 bits per heavy atom. The molecule has 0 aliphatic carbocycles. The fourth-order valence-corrected chi connectivity index (χ4v) is 4.15. The molecule has 2 aromatic carbocycles. The standard InChI is InChI=1S/C28H37ClN4O5/c1-16(2)33(26(36)21(15-22(30)34)31-27(37)38-28(5,6)7)24(19-13-11-17(3)12-14-19)25(35)32-23-18(4)9-8-10-20(23)29/h8-14,16,21,24H,15H2,1-7H3,(H2,30,34)(H,31,37)(H,32,35). The fourth-order valence-electron chi connectivity index (χ4n) is 3.88. The van der Waals surface area contributed by atoms with Crippen molar-refractivity contribution in [1.82, 2.24) is 10.2 Å². The summed E-state index contributed by atoms with van der Waals surface area (Å²) in [5, 5.41) is 5.67. The monoisotopic (exact) mass is 544 g/mol. The molecule has 0 saturated carbocycles.